The van der Waals surface area contributed by atoms with Crippen LogP contribution in [0.25, 0.3) is 0 Å². The lowest BCUT2D eigenvalue weighted by Crippen LogP contribution is -2.22. The Labute approximate surface area is 113 Å². The largest absolute Gasteiger partial charge is 0.306 e. The first-order valence-electron chi connectivity index (χ1n) is 6.10. The molecule has 0 amide bonds. The Morgan fingerprint density at radius 1 is 1.44 bits per heavy atom. The van der Waals surface area contributed by atoms with Crippen LogP contribution in [-0.4, -0.2) is 16.3 Å². The van der Waals surface area contributed by atoms with E-state index in [0.29, 0.717) is 0 Å². The van der Waals surface area contributed by atoms with E-state index < -0.39 is 0 Å². The van der Waals surface area contributed by atoms with Crippen molar-refractivity contribution in [3.05, 3.63) is 52.3 Å². The number of benzene rings is 1. The number of rotatable bonds is 4. The molecular weight excluding hydrogens is 246 g/mol. The van der Waals surface area contributed by atoms with Gasteiger partial charge in [0.25, 0.3) is 0 Å². The molecule has 0 aliphatic carbocycles. The van der Waals surface area contributed by atoms with E-state index in [-0.39, 0.29) is 6.04 Å². The Kier molecular flexibility index (Phi) is 4.04. The van der Waals surface area contributed by atoms with Crippen molar-refractivity contribution in [2.45, 2.75) is 19.9 Å². The van der Waals surface area contributed by atoms with E-state index in [4.69, 9.17) is 11.6 Å². The first kappa shape index (κ1) is 13.1. The van der Waals surface area contributed by atoms with Gasteiger partial charge in [-0.1, -0.05) is 36.7 Å². The van der Waals surface area contributed by atoms with Crippen LogP contribution < -0.4 is 5.32 Å². The standard InChI is InChI=1S/C14H18ClN3/c1-4-16-14(11-8-17-18(3)9-11)12-7-5-6-10(2)13(12)15/h5-9,14,16H,4H2,1-3H3. The summed E-state index contributed by atoms with van der Waals surface area (Å²) in [6.07, 6.45) is 3.90. The van der Waals surface area contributed by atoms with Gasteiger partial charge in [0, 0.05) is 23.8 Å². The molecule has 0 aliphatic heterocycles. The van der Waals surface area contributed by atoms with Crippen LogP contribution in [-0.2, 0) is 7.05 Å². The fourth-order valence-electron chi connectivity index (χ4n) is 2.09. The van der Waals surface area contributed by atoms with Gasteiger partial charge in [-0.05, 0) is 24.6 Å². The predicted octanol–water partition coefficient (Wildman–Crippen LogP) is 3.08. The molecule has 0 bridgehead atoms. The van der Waals surface area contributed by atoms with E-state index in [1.54, 1.807) is 0 Å². The fourth-order valence-corrected chi connectivity index (χ4v) is 2.33. The first-order valence-corrected chi connectivity index (χ1v) is 6.48. The van der Waals surface area contributed by atoms with Crippen molar-refractivity contribution >= 4 is 11.6 Å². The Bertz CT molecular complexity index is 534. The lowest BCUT2D eigenvalue weighted by atomic mass is 9.99. The first-order chi connectivity index (χ1) is 8.63. The van der Waals surface area contributed by atoms with Crippen LogP contribution in [0.4, 0.5) is 0 Å². The molecule has 3 nitrogen and oxygen atoms in total. The van der Waals surface area contributed by atoms with Crippen molar-refractivity contribution in [1.82, 2.24) is 15.1 Å². The minimum atomic E-state index is 0.0936. The van der Waals surface area contributed by atoms with Gasteiger partial charge in [0.15, 0.2) is 0 Å². The number of nitrogens with one attached hydrogen (secondary N) is 1. The van der Waals surface area contributed by atoms with E-state index >= 15 is 0 Å². The second-order valence-electron chi connectivity index (χ2n) is 4.42. The molecule has 0 aliphatic rings. The molecule has 18 heavy (non-hydrogen) atoms. The average Bonchev–Trinajstić information content (AvgIpc) is 2.77. The highest BCUT2D eigenvalue weighted by Gasteiger charge is 2.18. The molecule has 96 valence electrons. The quantitative estimate of drug-likeness (QED) is 0.919. The normalized spacial score (nSPS) is 12.7. The molecule has 4 heteroatoms. The van der Waals surface area contributed by atoms with Gasteiger partial charge in [-0.2, -0.15) is 5.10 Å². The third-order valence-electron chi connectivity index (χ3n) is 3.00. The summed E-state index contributed by atoms with van der Waals surface area (Å²) in [5.74, 6) is 0. The second-order valence-corrected chi connectivity index (χ2v) is 4.79. The highest BCUT2D eigenvalue weighted by molar-refractivity contribution is 6.32. The molecule has 1 heterocycles. The molecule has 0 saturated carbocycles. The van der Waals surface area contributed by atoms with Crippen LogP contribution in [0.3, 0.4) is 0 Å². The molecule has 0 fully saturated rings. The van der Waals surface area contributed by atoms with Crippen LogP contribution in [0.5, 0.6) is 0 Å². The topological polar surface area (TPSA) is 29.9 Å². The highest BCUT2D eigenvalue weighted by Crippen LogP contribution is 2.30. The number of hydrogen-bond donors (Lipinski definition) is 1. The zero-order valence-corrected chi connectivity index (χ0v) is 11.7. The molecule has 0 radical (unpaired) electrons. The number of halogens is 1. The van der Waals surface area contributed by atoms with Crippen LogP contribution in [0.2, 0.25) is 5.02 Å². The van der Waals surface area contributed by atoms with Gasteiger partial charge >= 0.3 is 0 Å². The third-order valence-corrected chi connectivity index (χ3v) is 3.52. The Hall–Kier alpha value is -1.32. The maximum atomic E-state index is 6.41. The summed E-state index contributed by atoms with van der Waals surface area (Å²) in [7, 11) is 1.92. The van der Waals surface area contributed by atoms with Crippen molar-refractivity contribution in [3.8, 4) is 0 Å². The van der Waals surface area contributed by atoms with E-state index in [1.165, 1.54) is 0 Å². The van der Waals surface area contributed by atoms with Crippen molar-refractivity contribution in [2.24, 2.45) is 7.05 Å². The minimum absolute atomic E-state index is 0.0936. The molecular formula is C14H18ClN3. The van der Waals surface area contributed by atoms with Crippen LogP contribution >= 0.6 is 11.6 Å². The van der Waals surface area contributed by atoms with Crippen molar-refractivity contribution < 1.29 is 0 Å². The summed E-state index contributed by atoms with van der Waals surface area (Å²) in [4.78, 5) is 0. The van der Waals surface area contributed by atoms with Gasteiger partial charge < -0.3 is 5.32 Å². The molecule has 0 saturated heterocycles. The van der Waals surface area contributed by atoms with Crippen LogP contribution in [0.15, 0.2) is 30.6 Å². The predicted molar refractivity (Wildman–Crippen MR) is 74.9 cm³/mol. The van der Waals surface area contributed by atoms with Crippen molar-refractivity contribution in [3.63, 3.8) is 0 Å². The van der Waals surface area contributed by atoms with Gasteiger partial charge in [-0.25, -0.2) is 0 Å². The van der Waals surface area contributed by atoms with E-state index in [9.17, 15) is 0 Å². The molecule has 1 atom stereocenters. The summed E-state index contributed by atoms with van der Waals surface area (Å²) in [5, 5.41) is 8.52. The minimum Gasteiger partial charge on any atom is -0.306 e. The van der Waals surface area contributed by atoms with Gasteiger partial charge in [0.1, 0.15) is 0 Å². The summed E-state index contributed by atoms with van der Waals surface area (Å²) in [6.45, 7) is 5.00. The van der Waals surface area contributed by atoms with Gasteiger partial charge in [0.05, 0.1) is 12.2 Å². The third kappa shape index (κ3) is 2.57. The molecule has 1 unspecified atom stereocenters. The van der Waals surface area contributed by atoms with Gasteiger partial charge in [0.2, 0.25) is 0 Å². The maximum Gasteiger partial charge on any atom is 0.0622 e. The number of hydrogen-bond acceptors (Lipinski definition) is 2. The monoisotopic (exact) mass is 263 g/mol. The maximum absolute atomic E-state index is 6.41. The molecule has 2 aromatic rings. The van der Waals surface area contributed by atoms with Crippen LogP contribution in [0, 0.1) is 6.92 Å². The zero-order valence-electron chi connectivity index (χ0n) is 10.9. The molecule has 1 N–H and O–H groups in total. The molecule has 0 spiro atoms. The Morgan fingerprint density at radius 2 is 2.22 bits per heavy atom. The molecule has 1 aromatic heterocycles. The van der Waals surface area contributed by atoms with Crippen molar-refractivity contribution in [1.29, 1.82) is 0 Å². The lowest BCUT2D eigenvalue weighted by molar-refractivity contribution is 0.629. The zero-order chi connectivity index (χ0) is 13.1. The summed E-state index contributed by atoms with van der Waals surface area (Å²) in [6, 6.07) is 6.22. The smallest absolute Gasteiger partial charge is 0.0622 e. The van der Waals surface area contributed by atoms with Crippen LogP contribution in [0.1, 0.15) is 29.7 Å². The average molecular weight is 264 g/mol. The highest BCUT2D eigenvalue weighted by atomic mass is 35.5. The second kappa shape index (κ2) is 5.55. The summed E-state index contributed by atoms with van der Waals surface area (Å²) in [5.41, 5.74) is 3.33. The number of nitrogens with zero attached hydrogens (tertiary/aromatic N) is 2. The Balaban J connectivity index is 2.44. The van der Waals surface area contributed by atoms with E-state index in [2.05, 4.69) is 23.4 Å². The van der Waals surface area contributed by atoms with Gasteiger partial charge in [-0.3, -0.25) is 4.68 Å². The fraction of sp³-hybridized carbons (Fsp3) is 0.357. The lowest BCUT2D eigenvalue weighted by Gasteiger charge is -2.19. The van der Waals surface area contributed by atoms with E-state index in [1.807, 2.05) is 43.2 Å². The Morgan fingerprint density at radius 3 is 2.83 bits per heavy atom. The SMILES string of the molecule is CCNC(c1cnn(C)c1)c1cccc(C)c1Cl. The van der Waals surface area contributed by atoms with Gasteiger partial charge in [-0.15, -0.1) is 0 Å². The van der Waals surface area contributed by atoms with Crippen molar-refractivity contribution in [2.75, 3.05) is 6.54 Å². The summed E-state index contributed by atoms with van der Waals surface area (Å²) < 4.78 is 1.81. The number of aromatic nitrogens is 2. The number of aryl methyl sites for hydroxylation is 2. The molecule has 2 rings (SSSR count). The summed E-state index contributed by atoms with van der Waals surface area (Å²) >= 11 is 6.41. The van der Waals surface area contributed by atoms with E-state index in [0.717, 1.165) is 28.3 Å². The molecule has 1 aromatic carbocycles.